The second kappa shape index (κ2) is 15.4. The van der Waals surface area contributed by atoms with Crippen molar-refractivity contribution in [3.63, 3.8) is 0 Å². The summed E-state index contributed by atoms with van der Waals surface area (Å²) in [6.45, 7) is 6.41. The molecule has 0 aliphatic heterocycles. The molecule has 40 heavy (non-hydrogen) atoms. The molecule has 1 heterocycles. The summed E-state index contributed by atoms with van der Waals surface area (Å²) in [4.78, 5) is 4.27. The van der Waals surface area contributed by atoms with Crippen molar-refractivity contribution in [3.8, 4) is 0 Å². The number of aromatic nitrogens is 2. The summed E-state index contributed by atoms with van der Waals surface area (Å²) in [6.07, 6.45) is 13.8. The van der Waals surface area contributed by atoms with Gasteiger partial charge in [-0.2, -0.15) is 0 Å². The number of imidazole rings is 1. The Labute approximate surface area is 241 Å². The smallest absolute Gasteiger partial charge is 0.233 e. The molecule has 0 aliphatic carbocycles. The Bertz CT molecular complexity index is 1320. The highest BCUT2D eigenvalue weighted by molar-refractivity contribution is 7.01. The third-order valence-electron chi connectivity index (χ3n) is 7.36. The fourth-order valence-electron chi connectivity index (χ4n) is 5.32. The van der Waals surface area contributed by atoms with Crippen molar-refractivity contribution in [1.82, 2.24) is 9.55 Å². The van der Waals surface area contributed by atoms with Crippen molar-refractivity contribution in [2.75, 3.05) is 0 Å². The molecular weight excluding hydrogens is 499 g/mol. The zero-order valence-corrected chi connectivity index (χ0v) is 24.5. The molecular formula is C36H39BN2Si. The summed E-state index contributed by atoms with van der Waals surface area (Å²) in [5.41, 5.74) is 2.58. The Kier molecular flexibility index (Phi) is 11.1. The maximum atomic E-state index is 4.27. The van der Waals surface area contributed by atoms with Gasteiger partial charge in [-0.15, -0.1) is 12.6 Å². The summed E-state index contributed by atoms with van der Waals surface area (Å²) >= 11 is 0. The lowest BCUT2D eigenvalue weighted by molar-refractivity contribution is 0.848. The molecule has 5 rings (SSSR count). The number of rotatable bonds is 11. The van der Waals surface area contributed by atoms with E-state index in [9.17, 15) is 0 Å². The predicted octanol–water partition coefficient (Wildman–Crippen LogP) is 6.06. The molecule has 5 aromatic rings. The Morgan fingerprint density at radius 2 is 1.23 bits per heavy atom. The lowest BCUT2D eigenvalue weighted by Crippen LogP contribution is -2.61. The molecule has 0 saturated heterocycles. The van der Waals surface area contributed by atoms with Crippen LogP contribution in [0.25, 0.3) is 0 Å². The number of allylic oxidation sites excluding steroid dienone is 2. The first-order chi connectivity index (χ1) is 19.8. The van der Waals surface area contributed by atoms with Gasteiger partial charge in [-0.3, -0.25) is 0 Å². The number of hydrogen-bond acceptors (Lipinski definition) is 1. The third kappa shape index (κ3) is 7.71. The van der Waals surface area contributed by atoms with Crippen LogP contribution in [0.5, 0.6) is 0 Å². The highest BCUT2D eigenvalue weighted by Gasteiger charge is 2.36. The zero-order valence-electron chi connectivity index (χ0n) is 23.5. The van der Waals surface area contributed by atoms with E-state index in [1.54, 1.807) is 0 Å². The van der Waals surface area contributed by atoms with Gasteiger partial charge in [-0.05, 0) is 18.9 Å². The minimum absolute atomic E-state index is 0.299. The third-order valence-corrected chi connectivity index (χ3v) is 12.3. The average molecular weight is 539 g/mol. The van der Waals surface area contributed by atoms with Crippen molar-refractivity contribution in [2.24, 2.45) is 0 Å². The first-order valence-electron chi connectivity index (χ1n) is 14.2. The van der Waals surface area contributed by atoms with Crippen molar-refractivity contribution in [1.29, 1.82) is 0 Å². The molecule has 0 amide bonds. The number of nitrogens with zero attached hydrogens (tertiary/aromatic N) is 2. The standard InChI is InChI=1S/C22H26N2Si.C14H13B/c1-2-3-4-11-18-25(20-24-17-16-23-19-24,21-12-7-5-8-13-21)22-14-9-6-10-15-22;1-2-15(13-9-5-3-6-10-13)14-11-7-4-8-12-14/h3-10,12-17,19H,2,11,18,20H2,1H3;2-12H,1H2. The van der Waals surface area contributed by atoms with Gasteiger partial charge in [-0.25, -0.2) is 4.98 Å². The van der Waals surface area contributed by atoms with Crippen LogP contribution in [0, 0.1) is 0 Å². The molecule has 0 spiro atoms. The first-order valence-corrected chi connectivity index (χ1v) is 16.6. The SMILES string of the molecule is C=CB(c1ccccc1)c1ccccc1.CCC=CCC[Si](Cn1ccnc1)(c1ccccc1)c1ccccc1. The summed E-state index contributed by atoms with van der Waals surface area (Å²) < 4.78 is 2.26. The molecule has 0 bridgehead atoms. The van der Waals surface area contributed by atoms with E-state index in [1.165, 1.54) is 27.3 Å². The van der Waals surface area contributed by atoms with Gasteiger partial charge in [0.2, 0.25) is 6.71 Å². The second-order valence-corrected chi connectivity index (χ2v) is 14.1. The second-order valence-electron chi connectivity index (χ2n) is 10.0. The van der Waals surface area contributed by atoms with Crippen LogP contribution in [0.2, 0.25) is 6.04 Å². The maximum Gasteiger partial charge on any atom is 0.233 e. The van der Waals surface area contributed by atoms with Crippen molar-refractivity contribution in [2.45, 2.75) is 32.0 Å². The van der Waals surface area contributed by atoms with Crippen LogP contribution in [0.15, 0.2) is 165 Å². The lowest BCUT2D eigenvalue weighted by Gasteiger charge is -2.33. The number of hydrogen-bond donors (Lipinski definition) is 0. The molecule has 0 N–H and O–H groups in total. The van der Waals surface area contributed by atoms with Crippen LogP contribution < -0.4 is 21.3 Å². The van der Waals surface area contributed by atoms with Gasteiger partial charge in [0, 0.05) is 18.6 Å². The van der Waals surface area contributed by atoms with E-state index in [2.05, 4.69) is 151 Å². The van der Waals surface area contributed by atoms with E-state index in [-0.39, 0.29) is 0 Å². The van der Waals surface area contributed by atoms with Crippen LogP contribution in [-0.2, 0) is 6.17 Å². The van der Waals surface area contributed by atoms with Crippen molar-refractivity contribution < 1.29 is 0 Å². The molecule has 200 valence electrons. The molecule has 4 aromatic carbocycles. The minimum atomic E-state index is -1.93. The monoisotopic (exact) mass is 538 g/mol. The van der Waals surface area contributed by atoms with E-state index in [1.807, 2.05) is 30.6 Å². The van der Waals surface area contributed by atoms with Crippen LogP contribution in [-0.4, -0.2) is 24.3 Å². The van der Waals surface area contributed by atoms with E-state index in [0.717, 1.165) is 19.0 Å². The predicted molar refractivity (Wildman–Crippen MR) is 177 cm³/mol. The van der Waals surface area contributed by atoms with Gasteiger partial charge in [0.25, 0.3) is 0 Å². The topological polar surface area (TPSA) is 17.8 Å². The summed E-state index contributed by atoms with van der Waals surface area (Å²) in [7, 11) is -1.93. The summed E-state index contributed by atoms with van der Waals surface area (Å²) in [5.74, 6) is 1.99. The van der Waals surface area contributed by atoms with Gasteiger partial charge >= 0.3 is 0 Å². The van der Waals surface area contributed by atoms with Crippen LogP contribution in [0.1, 0.15) is 19.8 Å². The highest BCUT2D eigenvalue weighted by Crippen LogP contribution is 2.17. The minimum Gasteiger partial charge on any atom is -0.340 e. The van der Waals surface area contributed by atoms with E-state index < -0.39 is 8.07 Å². The average Bonchev–Trinajstić information content (AvgIpc) is 3.54. The quantitative estimate of drug-likeness (QED) is 0.148. The first kappa shape index (κ1) is 28.8. The van der Waals surface area contributed by atoms with Gasteiger partial charge < -0.3 is 4.57 Å². The van der Waals surface area contributed by atoms with E-state index >= 15 is 0 Å². The Balaban J connectivity index is 0.000000210. The van der Waals surface area contributed by atoms with Crippen LogP contribution in [0.3, 0.4) is 0 Å². The largest absolute Gasteiger partial charge is 0.340 e. The van der Waals surface area contributed by atoms with E-state index in [0.29, 0.717) is 6.71 Å². The van der Waals surface area contributed by atoms with E-state index in [4.69, 9.17) is 0 Å². The maximum absolute atomic E-state index is 4.27. The summed E-state index contributed by atoms with van der Waals surface area (Å²) in [5, 5.41) is 3.00. The van der Waals surface area contributed by atoms with Gasteiger partial charge in [-0.1, -0.05) is 162 Å². The molecule has 1 aromatic heterocycles. The molecule has 0 radical (unpaired) electrons. The lowest BCUT2D eigenvalue weighted by atomic mass is 9.41. The molecule has 0 saturated carbocycles. The summed E-state index contributed by atoms with van der Waals surface area (Å²) in [6, 6.07) is 44.3. The molecule has 2 nitrogen and oxygen atoms in total. The van der Waals surface area contributed by atoms with Gasteiger partial charge in [0.1, 0.15) is 8.07 Å². The Hall–Kier alpha value is -4.15. The van der Waals surface area contributed by atoms with Crippen LogP contribution >= 0.6 is 0 Å². The molecule has 0 aliphatic rings. The fourth-order valence-corrected chi connectivity index (χ4v) is 9.89. The fraction of sp³-hybridized carbons (Fsp3) is 0.139. The van der Waals surface area contributed by atoms with Crippen molar-refractivity contribution >= 4 is 36.1 Å². The molecule has 4 heteroatoms. The van der Waals surface area contributed by atoms with Crippen molar-refractivity contribution in [3.05, 3.63) is 165 Å². The normalized spacial score (nSPS) is 11.0. The molecule has 0 unspecified atom stereocenters. The van der Waals surface area contributed by atoms with Crippen LogP contribution in [0.4, 0.5) is 0 Å². The Morgan fingerprint density at radius 1 is 0.725 bits per heavy atom. The molecule has 0 fully saturated rings. The number of benzene rings is 4. The zero-order chi connectivity index (χ0) is 27.9. The molecule has 0 atom stereocenters. The van der Waals surface area contributed by atoms with Gasteiger partial charge in [0.05, 0.1) is 6.33 Å². The highest BCUT2D eigenvalue weighted by atomic mass is 28.3. The Morgan fingerprint density at radius 3 is 1.65 bits per heavy atom. The van der Waals surface area contributed by atoms with Gasteiger partial charge in [0.15, 0.2) is 0 Å².